The predicted molar refractivity (Wildman–Crippen MR) is 84.3 cm³/mol. The van der Waals surface area contributed by atoms with E-state index in [-0.39, 0.29) is 17.5 Å². The van der Waals surface area contributed by atoms with Crippen molar-refractivity contribution in [1.29, 1.82) is 0 Å². The molecule has 1 aliphatic rings. The summed E-state index contributed by atoms with van der Waals surface area (Å²) in [7, 11) is -2.90. The van der Waals surface area contributed by atoms with E-state index >= 15 is 0 Å². The molecule has 0 bridgehead atoms. The van der Waals surface area contributed by atoms with Gasteiger partial charge in [-0.2, -0.15) is 0 Å². The van der Waals surface area contributed by atoms with E-state index < -0.39 is 9.84 Å². The minimum Gasteiger partial charge on any atom is -0.369 e. The molecule has 0 saturated carbocycles. The minimum atomic E-state index is -2.90. The smallest absolute Gasteiger partial charge is 0.152 e. The second-order valence-corrected chi connectivity index (χ2v) is 8.17. The van der Waals surface area contributed by atoms with Crippen LogP contribution in [0.4, 0.5) is 5.69 Å². The number of rotatable bonds is 3. The number of hydrogen-bond acceptors (Lipinski definition) is 4. The first-order valence-electron chi connectivity index (χ1n) is 6.87. The first kappa shape index (κ1) is 15.6. The van der Waals surface area contributed by atoms with Crippen LogP contribution in [0.25, 0.3) is 0 Å². The molecule has 112 valence electrons. The molecule has 1 aliphatic heterocycles. The molecule has 1 aromatic carbocycles. The van der Waals surface area contributed by atoms with E-state index in [0.717, 1.165) is 24.2 Å². The number of benzene rings is 1. The van der Waals surface area contributed by atoms with E-state index in [1.807, 2.05) is 25.1 Å². The highest BCUT2D eigenvalue weighted by atomic mass is 35.5. The Morgan fingerprint density at radius 1 is 1.35 bits per heavy atom. The van der Waals surface area contributed by atoms with Crippen LogP contribution in [0.15, 0.2) is 18.2 Å². The Kier molecular flexibility index (Phi) is 4.94. The molecule has 1 saturated heterocycles. The molecule has 1 atom stereocenters. The lowest BCUT2D eigenvalue weighted by Crippen LogP contribution is -2.27. The molecule has 1 unspecified atom stereocenters. The maximum Gasteiger partial charge on any atom is 0.152 e. The molecule has 4 nitrogen and oxygen atoms in total. The molecule has 20 heavy (non-hydrogen) atoms. The van der Waals surface area contributed by atoms with Gasteiger partial charge in [-0.3, -0.25) is 0 Å². The average Bonchev–Trinajstić information content (AvgIpc) is 2.50. The molecule has 2 rings (SSSR count). The Labute approximate surface area is 125 Å². The second kappa shape index (κ2) is 6.33. The molecule has 0 radical (unpaired) electrons. The lowest BCUT2D eigenvalue weighted by atomic mass is 10.1. The summed E-state index contributed by atoms with van der Waals surface area (Å²) in [5.41, 5.74) is 7.81. The summed E-state index contributed by atoms with van der Waals surface area (Å²) in [6.07, 6.45) is 1.44. The van der Waals surface area contributed by atoms with Gasteiger partial charge in [0.15, 0.2) is 9.84 Å². The van der Waals surface area contributed by atoms with E-state index in [1.54, 1.807) is 0 Å². The van der Waals surface area contributed by atoms with Gasteiger partial charge >= 0.3 is 0 Å². The molecule has 1 aromatic rings. The Morgan fingerprint density at radius 2 is 2.10 bits per heavy atom. The van der Waals surface area contributed by atoms with Gasteiger partial charge < -0.3 is 10.6 Å². The normalized spacial score (nSPS) is 20.4. The molecule has 0 amide bonds. The summed E-state index contributed by atoms with van der Waals surface area (Å²) in [4.78, 5) is 2.06. The molecular weight excluding hydrogens is 296 g/mol. The maximum absolute atomic E-state index is 11.6. The Bertz CT molecular complexity index is 573. The van der Waals surface area contributed by atoms with Crippen LogP contribution >= 0.6 is 11.6 Å². The molecule has 2 N–H and O–H groups in total. The number of nitrogens with zero attached hydrogens (tertiary/aromatic N) is 1. The van der Waals surface area contributed by atoms with E-state index in [9.17, 15) is 8.42 Å². The highest BCUT2D eigenvalue weighted by Crippen LogP contribution is 2.28. The fourth-order valence-corrected chi connectivity index (χ4v) is 4.08. The van der Waals surface area contributed by atoms with Crippen LogP contribution in [0.1, 0.15) is 18.9 Å². The number of halogens is 1. The first-order chi connectivity index (χ1) is 9.37. The summed E-state index contributed by atoms with van der Waals surface area (Å²) in [6.45, 7) is 3.20. The van der Waals surface area contributed by atoms with Gasteiger partial charge in [-0.1, -0.05) is 17.7 Å². The van der Waals surface area contributed by atoms with Gasteiger partial charge in [0, 0.05) is 19.1 Å². The molecule has 1 fully saturated rings. The van der Waals surface area contributed by atoms with Gasteiger partial charge in [0.2, 0.25) is 0 Å². The number of hydrogen-bond donors (Lipinski definition) is 1. The standard InChI is InChI=1S/C14H21ClN2O2S/c1-11(16)9-12-3-4-14(13(15)10-12)17-5-2-7-20(18,19)8-6-17/h3-4,10-11H,2,5-9,16H2,1H3. The molecule has 0 aliphatic carbocycles. The van der Waals surface area contributed by atoms with Crippen molar-refractivity contribution in [2.24, 2.45) is 5.73 Å². The van der Waals surface area contributed by atoms with Crippen molar-refractivity contribution in [3.63, 3.8) is 0 Å². The Morgan fingerprint density at radius 3 is 2.75 bits per heavy atom. The Balaban J connectivity index is 2.16. The summed E-state index contributed by atoms with van der Waals surface area (Å²) in [5, 5.41) is 0.669. The topological polar surface area (TPSA) is 63.4 Å². The summed E-state index contributed by atoms with van der Waals surface area (Å²) in [5.74, 6) is 0.467. The number of nitrogens with two attached hydrogens (primary N) is 1. The summed E-state index contributed by atoms with van der Waals surface area (Å²) < 4.78 is 23.3. The predicted octanol–water partition coefficient (Wildman–Crippen LogP) is 1.85. The third kappa shape index (κ3) is 4.11. The van der Waals surface area contributed by atoms with Crippen LogP contribution in [0.3, 0.4) is 0 Å². The van der Waals surface area contributed by atoms with E-state index in [1.165, 1.54) is 0 Å². The van der Waals surface area contributed by atoms with Crippen molar-refractivity contribution in [2.75, 3.05) is 29.5 Å². The maximum atomic E-state index is 11.6. The molecule has 1 heterocycles. The monoisotopic (exact) mass is 316 g/mol. The molecule has 6 heteroatoms. The van der Waals surface area contributed by atoms with Crippen LogP contribution in [-0.2, 0) is 16.3 Å². The van der Waals surface area contributed by atoms with Crippen LogP contribution in [-0.4, -0.2) is 39.1 Å². The van der Waals surface area contributed by atoms with Gasteiger partial charge in [-0.25, -0.2) is 8.42 Å². The fourth-order valence-electron chi connectivity index (χ4n) is 2.48. The van der Waals surface area contributed by atoms with Crippen LogP contribution in [0.2, 0.25) is 5.02 Å². The second-order valence-electron chi connectivity index (χ2n) is 5.46. The summed E-state index contributed by atoms with van der Waals surface area (Å²) >= 11 is 6.34. The van der Waals surface area contributed by atoms with E-state index in [2.05, 4.69) is 4.90 Å². The lowest BCUT2D eigenvalue weighted by Gasteiger charge is -2.23. The van der Waals surface area contributed by atoms with Gasteiger partial charge in [-0.05, 0) is 37.5 Å². The third-order valence-corrected chi connectivity index (χ3v) is 5.48. The van der Waals surface area contributed by atoms with Crippen molar-refractivity contribution in [3.8, 4) is 0 Å². The van der Waals surface area contributed by atoms with Crippen molar-refractivity contribution in [3.05, 3.63) is 28.8 Å². The van der Waals surface area contributed by atoms with Crippen molar-refractivity contribution in [2.45, 2.75) is 25.8 Å². The van der Waals surface area contributed by atoms with Gasteiger partial charge in [-0.15, -0.1) is 0 Å². The zero-order valence-corrected chi connectivity index (χ0v) is 13.3. The van der Waals surface area contributed by atoms with Gasteiger partial charge in [0.25, 0.3) is 0 Å². The van der Waals surface area contributed by atoms with Gasteiger partial charge in [0.1, 0.15) is 0 Å². The SMILES string of the molecule is CC(N)Cc1ccc(N2CCCS(=O)(=O)CC2)c(Cl)c1. The first-order valence-corrected chi connectivity index (χ1v) is 9.07. The average molecular weight is 317 g/mol. The van der Waals surface area contributed by atoms with Crippen LogP contribution in [0.5, 0.6) is 0 Å². The Hall–Kier alpha value is -0.780. The summed E-state index contributed by atoms with van der Waals surface area (Å²) in [6, 6.07) is 6.02. The van der Waals surface area contributed by atoms with Crippen molar-refractivity contribution < 1.29 is 8.42 Å². The minimum absolute atomic E-state index is 0.0975. The van der Waals surface area contributed by atoms with Crippen molar-refractivity contribution >= 4 is 27.1 Å². The van der Waals surface area contributed by atoms with E-state index in [4.69, 9.17) is 17.3 Å². The molecule has 0 spiro atoms. The van der Waals surface area contributed by atoms with Crippen LogP contribution < -0.4 is 10.6 Å². The molecule has 0 aromatic heterocycles. The lowest BCUT2D eigenvalue weighted by molar-refractivity contribution is 0.597. The fraction of sp³-hybridized carbons (Fsp3) is 0.571. The van der Waals surface area contributed by atoms with Crippen LogP contribution in [0, 0.1) is 0 Å². The zero-order valence-electron chi connectivity index (χ0n) is 11.7. The highest BCUT2D eigenvalue weighted by molar-refractivity contribution is 7.91. The third-order valence-electron chi connectivity index (χ3n) is 3.47. The van der Waals surface area contributed by atoms with Gasteiger partial charge in [0.05, 0.1) is 22.2 Å². The highest BCUT2D eigenvalue weighted by Gasteiger charge is 2.20. The van der Waals surface area contributed by atoms with Crippen molar-refractivity contribution in [1.82, 2.24) is 0 Å². The molecular formula is C14H21ClN2O2S. The number of sulfone groups is 1. The largest absolute Gasteiger partial charge is 0.369 e. The quantitative estimate of drug-likeness (QED) is 0.924. The zero-order chi connectivity index (χ0) is 14.8. The number of anilines is 1. The van der Waals surface area contributed by atoms with E-state index in [0.29, 0.717) is 18.0 Å².